The van der Waals surface area contributed by atoms with Gasteiger partial charge in [0.05, 0.1) is 16.6 Å². The summed E-state index contributed by atoms with van der Waals surface area (Å²) in [5, 5.41) is 4.89. The van der Waals surface area contributed by atoms with Crippen LogP contribution in [0.3, 0.4) is 0 Å². The number of alkyl halides is 3. The van der Waals surface area contributed by atoms with E-state index in [2.05, 4.69) is 26.6 Å². The molecule has 0 saturated heterocycles. The monoisotopic (exact) mass is 460 g/mol. The number of thiocarbonyl (C=S) groups is 1. The number of benzene rings is 2. The van der Waals surface area contributed by atoms with Gasteiger partial charge in [0.1, 0.15) is 5.75 Å². The van der Waals surface area contributed by atoms with Crippen LogP contribution in [0, 0.1) is 0 Å². The summed E-state index contributed by atoms with van der Waals surface area (Å²) < 4.78 is 44.3. The summed E-state index contributed by atoms with van der Waals surface area (Å²) >= 11 is 8.34. The molecule has 2 aromatic carbocycles. The molecule has 9 heteroatoms. The minimum atomic E-state index is -4.46. The molecule has 0 unspecified atom stereocenters. The van der Waals surface area contributed by atoms with Crippen LogP contribution in [0.2, 0.25) is 0 Å². The fraction of sp³-hybridized carbons (Fsp3) is 0.222. The van der Waals surface area contributed by atoms with Crippen LogP contribution < -0.4 is 15.4 Å². The third-order valence-electron chi connectivity index (χ3n) is 3.33. The summed E-state index contributed by atoms with van der Waals surface area (Å²) in [6.07, 6.45) is -3.61. The first-order chi connectivity index (χ1) is 12.7. The molecule has 144 valence electrons. The molecule has 2 rings (SSSR count). The Bertz CT molecular complexity index is 844. The predicted molar refractivity (Wildman–Crippen MR) is 105 cm³/mol. The number of ether oxygens (including phenoxy) is 1. The molecule has 0 aliphatic rings. The van der Waals surface area contributed by atoms with Crippen molar-refractivity contribution >= 4 is 44.9 Å². The van der Waals surface area contributed by atoms with Gasteiger partial charge in [-0.05, 0) is 71.0 Å². The number of rotatable bonds is 5. The van der Waals surface area contributed by atoms with E-state index in [4.69, 9.17) is 17.0 Å². The SMILES string of the molecule is CCCOc1ccc(C(=O)NC(=S)Nc2cccc(C(F)(F)F)c2)cc1Br. The third kappa shape index (κ3) is 6.21. The summed E-state index contributed by atoms with van der Waals surface area (Å²) in [5.74, 6) is 0.111. The van der Waals surface area contributed by atoms with E-state index in [1.54, 1.807) is 18.2 Å². The zero-order valence-electron chi connectivity index (χ0n) is 14.2. The quantitative estimate of drug-likeness (QED) is 0.587. The highest BCUT2D eigenvalue weighted by molar-refractivity contribution is 9.10. The maximum absolute atomic E-state index is 12.7. The maximum atomic E-state index is 12.7. The highest BCUT2D eigenvalue weighted by Gasteiger charge is 2.30. The van der Waals surface area contributed by atoms with Crippen LogP contribution in [-0.4, -0.2) is 17.6 Å². The lowest BCUT2D eigenvalue weighted by molar-refractivity contribution is -0.137. The van der Waals surface area contributed by atoms with Gasteiger partial charge in [0, 0.05) is 11.3 Å². The van der Waals surface area contributed by atoms with Crippen molar-refractivity contribution in [3.05, 3.63) is 58.1 Å². The average Bonchev–Trinajstić information content (AvgIpc) is 2.60. The molecule has 0 aromatic heterocycles. The summed E-state index contributed by atoms with van der Waals surface area (Å²) in [7, 11) is 0. The van der Waals surface area contributed by atoms with Crippen molar-refractivity contribution in [2.45, 2.75) is 19.5 Å². The molecular weight excluding hydrogens is 445 g/mol. The number of hydrogen-bond acceptors (Lipinski definition) is 3. The van der Waals surface area contributed by atoms with Crippen LogP contribution in [0.5, 0.6) is 5.75 Å². The second-order valence-corrected chi connectivity index (χ2v) is 6.74. The Balaban J connectivity index is 2.01. The molecule has 2 aromatic rings. The normalized spacial score (nSPS) is 11.0. The van der Waals surface area contributed by atoms with Crippen LogP contribution in [0.1, 0.15) is 29.3 Å². The van der Waals surface area contributed by atoms with Gasteiger partial charge in [-0.1, -0.05) is 13.0 Å². The molecule has 0 heterocycles. The van der Waals surface area contributed by atoms with Crippen LogP contribution in [0.25, 0.3) is 0 Å². The van der Waals surface area contributed by atoms with Crippen LogP contribution in [-0.2, 0) is 6.18 Å². The molecule has 27 heavy (non-hydrogen) atoms. The Morgan fingerprint density at radius 2 is 1.96 bits per heavy atom. The fourth-order valence-corrected chi connectivity index (χ4v) is 2.79. The van der Waals surface area contributed by atoms with Gasteiger partial charge in [-0.3, -0.25) is 10.1 Å². The number of halogens is 4. The number of carbonyl (C=O) groups excluding carboxylic acids is 1. The van der Waals surface area contributed by atoms with E-state index >= 15 is 0 Å². The number of carbonyl (C=O) groups is 1. The summed E-state index contributed by atoms with van der Waals surface area (Å²) in [6, 6.07) is 9.33. The fourth-order valence-electron chi connectivity index (χ4n) is 2.08. The van der Waals surface area contributed by atoms with E-state index in [0.717, 1.165) is 18.6 Å². The van der Waals surface area contributed by atoms with Crippen molar-refractivity contribution in [1.82, 2.24) is 5.32 Å². The van der Waals surface area contributed by atoms with Crippen LogP contribution >= 0.6 is 28.1 Å². The number of anilines is 1. The molecular formula is C18H16BrF3N2O2S. The second-order valence-electron chi connectivity index (χ2n) is 5.48. The molecule has 4 nitrogen and oxygen atoms in total. The Kier molecular flexibility index (Phi) is 7.20. The van der Waals surface area contributed by atoms with Gasteiger partial charge < -0.3 is 10.1 Å². The predicted octanol–water partition coefficient (Wildman–Crippen LogP) is 5.38. The first-order valence-electron chi connectivity index (χ1n) is 7.92. The average molecular weight is 461 g/mol. The standard InChI is InChI=1S/C18H16BrF3N2O2S/c1-2-8-26-15-7-6-11(9-14(15)19)16(25)24-17(27)23-13-5-3-4-12(10-13)18(20,21)22/h3-7,9-10H,2,8H2,1H3,(H2,23,24,25,27). The van der Waals surface area contributed by atoms with Gasteiger partial charge in [0.25, 0.3) is 5.91 Å². The maximum Gasteiger partial charge on any atom is 0.416 e. The van der Waals surface area contributed by atoms with Gasteiger partial charge in [-0.15, -0.1) is 0 Å². The van der Waals surface area contributed by atoms with Crippen molar-refractivity contribution < 1.29 is 22.7 Å². The Morgan fingerprint density at radius 3 is 2.59 bits per heavy atom. The molecule has 0 bridgehead atoms. The Hall–Kier alpha value is -2.13. The van der Waals surface area contributed by atoms with Gasteiger partial charge in [0.15, 0.2) is 5.11 Å². The largest absolute Gasteiger partial charge is 0.492 e. The molecule has 1 amide bonds. The summed E-state index contributed by atoms with van der Waals surface area (Å²) in [6.45, 7) is 2.53. The minimum absolute atomic E-state index is 0.109. The van der Waals surface area contributed by atoms with Crippen LogP contribution in [0.15, 0.2) is 46.9 Å². The number of hydrogen-bond donors (Lipinski definition) is 2. The van der Waals surface area contributed by atoms with Crippen molar-refractivity contribution in [2.24, 2.45) is 0 Å². The van der Waals surface area contributed by atoms with Crippen molar-refractivity contribution in [2.75, 3.05) is 11.9 Å². The topological polar surface area (TPSA) is 50.4 Å². The van der Waals surface area contributed by atoms with Gasteiger partial charge in [0.2, 0.25) is 0 Å². The lowest BCUT2D eigenvalue weighted by Gasteiger charge is -2.13. The zero-order valence-corrected chi connectivity index (χ0v) is 16.6. The number of nitrogens with one attached hydrogen (secondary N) is 2. The molecule has 0 spiro atoms. The van der Waals surface area contributed by atoms with E-state index < -0.39 is 17.6 Å². The molecule has 0 radical (unpaired) electrons. The summed E-state index contributed by atoms with van der Waals surface area (Å²) in [4.78, 5) is 12.3. The van der Waals surface area contributed by atoms with Crippen molar-refractivity contribution in [3.63, 3.8) is 0 Å². The van der Waals surface area contributed by atoms with Crippen LogP contribution in [0.4, 0.5) is 18.9 Å². The molecule has 0 saturated carbocycles. The first-order valence-corrected chi connectivity index (χ1v) is 9.12. The van der Waals surface area contributed by atoms with E-state index in [0.29, 0.717) is 22.4 Å². The van der Waals surface area contributed by atoms with E-state index in [1.807, 2.05) is 6.92 Å². The highest BCUT2D eigenvalue weighted by Crippen LogP contribution is 2.30. The van der Waals surface area contributed by atoms with E-state index in [1.165, 1.54) is 12.1 Å². The second kappa shape index (κ2) is 9.18. The summed E-state index contributed by atoms with van der Waals surface area (Å²) in [5.41, 5.74) is -0.369. The Morgan fingerprint density at radius 1 is 1.22 bits per heavy atom. The van der Waals surface area contributed by atoms with Crippen molar-refractivity contribution in [3.8, 4) is 5.75 Å². The highest BCUT2D eigenvalue weighted by atomic mass is 79.9. The number of amides is 1. The van der Waals surface area contributed by atoms with Crippen molar-refractivity contribution in [1.29, 1.82) is 0 Å². The Labute approximate surface area is 168 Å². The lowest BCUT2D eigenvalue weighted by Crippen LogP contribution is -2.34. The molecule has 0 atom stereocenters. The molecule has 0 aliphatic heterocycles. The van der Waals surface area contributed by atoms with Gasteiger partial charge >= 0.3 is 6.18 Å². The van der Waals surface area contributed by atoms with Gasteiger partial charge in [-0.25, -0.2) is 0 Å². The molecule has 0 aliphatic carbocycles. The lowest BCUT2D eigenvalue weighted by atomic mass is 10.2. The van der Waals surface area contributed by atoms with E-state index in [9.17, 15) is 18.0 Å². The third-order valence-corrected chi connectivity index (χ3v) is 4.15. The first kappa shape index (κ1) is 21.2. The molecule has 2 N–H and O–H groups in total. The van der Waals surface area contributed by atoms with Gasteiger partial charge in [-0.2, -0.15) is 13.2 Å². The molecule has 0 fully saturated rings. The zero-order chi connectivity index (χ0) is 20.0. The minimum Gasteiger partial charge on any atom is -0.492 e. The smallest absolute Gasteiger partial charge is 0.416 e. The van der Waals surface area contributed by atoms with E-state index in [-0.39, 0.29) is 10.8 Å².